The molecule has 0 aliphatic carbocycles. The lowest BCUT2D eigenvalue weighted by Gasteiger charge is -2.13. The number of hydrogen-bond donors (Lipinski definition) is 1. The maximum absolute atomic E-state index is 11.4. The maximum atomic E-state index is 11.4. The van der Waals surface area contributed by atoms with Gasteiger partial charge in [-0.05, 0) is 37.1 Å². The summed E-state index contributed by atoms with van der Waals surface area (Å²) in [5, 5.41) is 0.964. The Morgan fingerprint density at radius 2 is 2.16 bits per heavy atom. The smallest absolute Gasteiger partial charge is 0.310 e. The van der Waals surface area contributed by atoms with Crippen LogP contribution in [0.25, 0.3) is 10.9 Å². The van der Waals surface area contributed by atoms with Crippen LogP contribution in [0.3, 0.4) is 0 Å². The van der Waals surface area contributed by atoms with E-state index in [2.05, 4.69) is 9.72 Å². The molecule has 0 atom stereocenters. The van der Waals surface area contributed by atoms with E-state index >= 15 is 0 Å². The Bertz CT molecular complexity index is 659. The standard InChI is InChI=1S/C13H16NO3PS/c1-16-13(15)6-9-8-14-12-5-4-10(7-11(9)12)17-18(2,3)19/h4-5,7-8,14H,6H2,1-3H3. The van der Waals surface area contributed by atoms with Crippen molar-refractivity contribution in [2.45, 2.75) is 6.42 Å². The van der Waals surface area contributed by atoms with Crippen LogP contribution in [0.15, 0.2) is 24.4 Å². The first-order valence-corrected chi connectivity index (χ1v) is 9.42. The second-order valence-corrected chi connectivity index (χ2v) is 9.94. The molecular formula is C13H16NO3PS. The van der Waals surface area contributed by atoms with E-state index in [1.807, 2.05) is 37.7 Å². The Morgan fingerprint density at radius 1 is 1.42 bits per heavy atom. The number of hydrogen-bond acceptors (Lipinski definition) is 4. The van der Waals surface area contributed by atoms with Crippen molar-refractivity contribution in [3.05, 3.63) is 30.0 Å². The molecule has 0 fully saturated rings. The van der Waals surface area contributed by atoms with Gasteiger partial charge in [-0.15, -0.1) is 0 Å². The molecule has 0 saturated heterocycles. The highest BCUT2D eigenvalue weighted by atomic mass is 32.4. The number of nitrogens with one attached hydrogen (secondary N) is 1. The molecule has 1 aromatic carbocycles. The Balaban J connectivity index is 2.37. The van der Waals surface area contributed by atoms with Crippen molar-refractivity contribution < 1.29 is 14.1 Å². The molecular weight excluding hydrogens is 281 g/mol. The zero-order chi connectivity index (χ0) is 14.0. The highest BCUT2D eigenvalue weighted by molar-refractivity contribution is 8.11. The molecule has 0 spiro atoms. The molecule has 102 valence electrons. The lowest BCUT2D eigenvalue weighted by atomic mass is 10.1. The lowest BCUT2D eigenvalue weighted by Crippen LogP contribution is -2.03. The molecule has 2 aromatic rings. The van der Waals surface area contributed by atoms with E-state index in [0.29, 0.717) is 0 Å². The average Bonchev–Trinajstić information content (AvgIpc) is 2.70. The monoisotopic (exact) mass is 297 g/mol. The largest absolute Gasteiger partial charge is 0.469 e. The number of carbonyl (C=O) groups is 1. The summed E-state index contributed by atoms with van der Waals surface area (Å²) in [5.41, 5.74) is 1.86. The minimum Gasteiger partial charge on any atom is -0.469 e. The average molecular weight is 297 g/mol. The second-order valence-electron chi connectivity index (χ2n) is 4.62. The van der Waals surface area contributed by atoms with Crippen LogP contribution >= 0.6 is 6.26 Å². The van der Waals surface area contributed by atoms with Crippen molar-refractivity contribution in [3.8, 4) is 5.75 Å². The van der Waals surface area contributed by atoms with Gasteiger partial charge in [0, 0.05) is 17.1 Å². The van der Waals surface area contributed by atoms with E-state index in [1.54, 1.807) is 0 Å². The van der Waals surface area contributed by atoms with Crippen molar-refractivity contribution in [1.29, 1.82) is 0 Å². The Labute approximate surface area is 117 Å². The number of methoxy groups -OCH3 is 1. The number of ether oxygens (including phenoxy) is 1. The van der Waals surface area contributed by atoms with E-state index < -0.39 is 6.26 Å². The molecule has 0 amide bonds. The molecule has 0 bridgehead atoms. The summed E-state index contributed by atoms with van der Waals surface area (Å²) >= 11 is 5.30. The van der Waals surface area contributed by atoms with Gasteiger partial charge in [-0.2, -0.15) is 0 Å². The van der Waals surface area contributed by atoms with E-state index in [-0.39, 0.29) is 12.4 Å². The van der Waals surface area contributed by atoms with Crippen LogP contribution in [-0.2, 0) is 27.8 Å². The number of rotatable bonds is 4. The Hall–Kier alpha value is -1.32. The summed E-state index contributed by atoms with van der Waals surface area (Å²) < 4.78 is 10.4. The number of H-pyrrole nitrogens is 1. The first-order valence-electron chi connectivity index (χ1n) is 5.80. The van der Waals surface area contributed by atoms with Gasteiger partial charge in [0.15, 0.2) is 0 Å². The number of aromatic nitrogens is 1. The summed E-state index contributed by atoms with van der Waals surface area (Å²) in [6.07, 6.45) is 0.297. The molecule has 0 saturated carbocycles. The van der Waals surface area contributed by atoms with Crippen LogP contribution in [0.5, 0.6) is 5.75 Å². The van der Waals surface area contributed by atoms with Crippen LogP contribution in [0.2, 0.25) is 0 Å². The zero-order valence-electron chi connectivity index (χ0n) is 11.1. The van der Waals surface area contributed by atoms with E-state index in [1.165, 1.54) is 7.11 Å². The minimum atomic E-state index is -1.76. The molecule has 0 aliphatic rings. The maximum Gasteiger partial charge on any atom is 0.310 e. The van der Waals surface area contributed by atoms with Crippen molar-refractivity contribution in [3.63, 3.8) is 0 Å². The SMILES string of the molecule is COC(=O)Cc1c[nH]c2ccc(OP(C)(C)=S)cc12. The summed E-state index contributed by atoms with van der Waals surface area (Å²) in [4.78, 5) is 14.5. The topological polar surface area (TPSA) is 51.3 Å². The molecule has 19 heavy (non-hydrogen) atoms. The number of carbonyl (C=O) groups excluding carboxylic acids is 1. The van der Waals surface area contributed by atoms with Gasteiger partial charge in [-0.1, -0.05) is 11.8 Å². The van der Waals surface area contributed by atoms with Gasteiger partial charge in [0.2, 0.25) is 0 Å². The molecule has 0 unspecified atom stereocenters. The van der Waals surface area contributed by atoms with E-state index in [9.17, 15) is 4.79 Å². The van der Waals surface area contributed by atoms with Crippen molar-refractivity contribution in [2.75, 3.05) is 20.4 Å². The van der Waals surface area contributed by atoms with Crippen LogP contribution in [0, 0.1) is 0 Å². The van der Waals surface area contributed by atoms with Gasteiger partial charge in [-0.25, -0.2) is 0 Å². The number of benzene rings is 1. The Morgan fingerprint density at radius 3 is 2.79 bits per heavy atom. The molecule has 0 aliphatic heterocycles. The predicted octanol–water partition coefficient (Wildman–Crippen LogP) is 2.92. The first-order chi connectivity index (χ1) is 8.89. The van der Waals surface area contributed by atoms with Crippen molar-refractivity contribution in [1.82, 2.24) is 4.98 Å². The van der Waals surface area contributed by atoms with Gasteiger partial charge in [-0.3, -0.25) is 4.79 Å². The van der Waals surface area contributed by atoms with Gasteiger partial charge < -0.3 is 14.2 Å². The van der Waals surface area contributed by atoms with E-state index in [4.69, 9.17) is 16.3 Å². The predicted molar refractivity (Wildman–Crippen MR) is 80.8 cm³/mol. The fraction of sp³-hybridized carbons (Fsp3) is 0.308. The molecule has 1 heterocycles. The second kappa shape index (κ2) is 5.35. The molecule has 0 radical (unpaired) electrons. The normalized spacial score (nSPS) is 11.5. The van der Waals surface area contributed by atoms with Gasteiger partial charge in [0.05, 0.1) is 13.5 Å². The number of aromatic amines is 1. The van der Waals surface area contributed by atoms with Crippen LogP contribution in [-0.4, -0.2) is 31.4 Å². The Kier molecular flexibility index (Phi) is 3.97. The lowest BCUT2D eigenvalue weighted by molar-refractivity contribution is -0.139. The zero-order valence-corrected chi connectivity index (χ0v) is 12.8. The molecule has 4 nitrogen and oxygen atoms in total. The third kappa shape index (κ3) is 3.58. The molecule has 1 N–H and O–H groups in total. The van der Waals surface area contributed by atoms with Gasteiger partial charge >= 0.3 is 5.97 Å². The van der Waals surface area contributed by atoms with Gasteiger partial charge in [0.25, 0.3) is 0 Å². The van der Waals surface area contributed by atoms with Crippen molar-refractivity contribution >= 4 is 34.9 Å². The third-order valence-corrected chi connectivity index (χ3v) is 3.50. The minimum absolute atomic E-state index is 0.242. The molecule has 2 rings (SSSR count). The number of esters is 1. The summed E-state index contributed by atoms with van der Waals surface area (Å²) in [5.74, 6) is 0.481. The third-order valence-electron chi connectivity index (χ3n) is 2.63. The first kappa shape index (κ1) is 14.1. The van der Waals surface area contributed by atoms with Crippen LogP contribution < -0.4 is 4.52 Å². The summed E-state index contributed by atoms with van der Waals surface area (Å²) in [6.45, 7) is 3.86. The van der Waals surface area contributed by atoms with Crippen molar-refractivity contribution in [2.24, 2.45) is 0 Å². The van der Waals surface area contributed by atoms with Gasteiger partial charge in [0.1, 0.15) is 12.0 Å². The summed E-state index contributed by atoms with van der Waals surface area (Å²) in [7, 11) is 1.38. The van der Waals surface area contributed by atoms with E-state index in [0.717, 1.165) is 22.2 Å². The number of fused-ring (bicyclic) bond motifs is 1. The summed E-state index contributed by atoms with van der Waals surface area (Å²) in [6, 6.07) is 5.73. The van der Waals surface area contributed by atoms with Crippen LogP contribution in [0.4, 0.5) is 0 Å². The highest BCUT2D eigenvalue weighted by Crippen LogP contribution is 2.40. The fourth-order valence-corrected chi connectivity index (χ4v) is 2.72. The molecule has 6 heteroatoms. The molecule has 1 aromatic heterocycles. The quantitative estimate of drug-likeness (QED) is 0.696. The van der Waals surface area contributed by atoms with Crippen LogP contribution in [0.1, 0.15) is 5.56 Å². The fourth-order valence-electron chi connectivity index (χ4n) is 1.84. The highest BCUT2D eigenvalue weighted by Gasteiger charge is 2.11.